The first-order valence-corrected chi connectivity index (χ1v) is 17.1. The molecule has 0 atom stereocenters. The lowest BCUT2D eigenvalue weighted by Crippen LogP contribution is -2.15. The number of rotatable bonds is 2. The zero-order chi connectivity index (χ0) is 32.4. The van der Waals surface area contributed by atoms with Crippen LogP contribution in [0.2, 0.25) is 0 Å². The van der Waals surface area contributed by atoms with Crippen molar-refractivity contribution in [1.29, 1.82) is 0 Å². The van der Waals surface area contributed by atoms with Crippen LogP contribution in [0.4, 0.5) is 0 Å². The standard InChI is InChI=1S/C47H35N/c1-46(2)36-21-11-9-19-33(36)43-38(46)25-24-32-35(27-39-44(45(32)43)34-20-10-12-22-37(34)47(39,3)4)41-28-15-5-7-17-30(28)42(40-23-13-14-26-48-40)31-18-8-6-16-29(31)41/h5-27H,1-4H3. The second kappa shape index (κ2) is 9.52. The van der Waals surface area contributed by atoms with Gasteiger partial charge in [0.2, 0.25) is 0 Å². The quantitative estimate of drug-likeness (QED) is 0.177. The van der Waals surface area contributed by atoms with Crippen molar-refractivity contribution in [2.75, 3.05) is 0 Å². The molecule has 0 bridgehead atoms. The normalized spacial score (nSPS) is 15.0. The first-order valence-electron chi connectivity index (χ1n) is 17.1. The van der Waals surface area contributed by atoms with E-state index in [0.717, 1.165) is 5.69 Å². The summed E-state index contributed by atoms with van der Waals surface area (Å²) in [5.41, 5.74) is 15.7. The lowest BCUT2D eigenvalue weighted by molar-refractivity contribution is 0.660. The Labute approximate surface area is 281 Å². The Hall–Kier alpha value is -5.53. The topological polar surface area (TPSA) is 12.9 Å². The van der Waals surface area contributed by atoms with Crippen molar-refractivity contribution in [3.8, 4) is 44.6 Å². The highest BCUT2D eigenvalue weighted by molar-refractivity contribution is 6.26. The highest BCUT2D eigenvalue weighted by Crippen LogP contribution is 2.59. The van der Waals surface area contributed by atoms with Gasteiger partial charge in [-0.3, -0.25) is 4.98 Å². The van der Waals surface area contributed by atoms with Gasteiger partial charge in [-0.1, -0.05) is 143 Å². The maximum Gasteiger partial charge on any atom is 0.0714 e. The summed E-state index contributed by atoms with van der Waals surface area (Å²) in [7, 11) is 0. The molecule has 0 unspecified atom stereocenters. The van der Waals surface area contributed by atoms with Crippen LogP contribution in [-0.4, -0.2) is 4.98 Å². The average Bonchev–Trinajstić information content (AvgIpc) is 3.50. The number of nitrogens with zero attached hydrogens (tertiary/aromatic N) is 1. The molecule has 7 aromatic carbocycles. The summed E-state index contributed by atoms with van der Waals surface area (Å²) in [6, 6.07) is 49.7. The van der Waals surface area contributed by atoms with Gasteiger partial charge in [0.25, 0.3) is 0 Å². The summed E-state index contributed by atoms with van der Waals surface area (Å²) in [6.07, 6.45) is 1.90. The zero-order valence-corrected chi connectivity index (χ0v) is 27.7. The zero-order valence-electron chi connectivity index (χ0n) is 27.7. The summed E-state index contributed by atoms with van der Waals surface area (Å²) in [4.78, 5) is 4.87. The second-order valence-electron chi connectivity index (χ2n) is 14.7. The van der Waals surface area contributed by atoms with Gasteiger partial charge in [-0.05, 0) is 106 Å². The molecule has 0 aliphatic heterocycles. The van der Waals surface area contributed by atoms with E-state index in [1.54, 1.807) is 0 Å². The second-order valence-corrected chi connectivity index (χ2v) is 14.7. The molecule has 8 aromatic rings. The summed E-state index contributed by atoms with van der Waals surface area (Å²) in [5.74, 6) is 0. The van der Waals surface area contributed by atoms with Crippen molar-refractivity contribution < 1.29 is 0 Å². The van der Waals surface area contributed by atoms with Crippen LogP contribution in [0.25, 0.3) is 77.0 Å². The Morgan fingerprint density at radius 1 is 0.375 bits per heavy atom. The molecule has 0 amide bonds. The molecule has 0 fully saturated rings. The average molecular weight is 614 g/mol. The van der Waals surface area contributed by atoms with E-state index in [0.29, 0.717) is 0 Å². The lowest BCUT2D eigenvalue weighted by atomic mass is 9.77. The molecule has 2 aliphatic rings. The molecular weight excluding hydrogens is 579 g/mol. The van der Waals surface area contributed by atoms with Crippen LogP contribution in [-0.2, 0) is 10.8 Å². The van der Waals surface area contributed by atoms with Crippen LogP contribution >= 0.6 is 0 Å². The predicted molar refractivity (Wildman–Crippen MR) is 203 cm³/mol. The van der Waals surface area contributed by atoms with Gasteiger partial charge in [-0.25, -0.2) is 0 Å². The first kappa shape index (κ1) is 27.6. The van der Waals surface area contributed by atoms with Crippen molar-refractivity contribution in [2.45, 2.75) is 38.5 Å². The van der Waals surface area contributed by atoms with E-state index in [2.05, 4.69) is 155 Å². The van der Waals surface area contributed by atoms with Gasteiger partial charge in [0.05, 0.1) is 5.69 Å². The van der Waals surface area contributed by atoms with Crippen molar-refractivity contribution in [2.24, 2.45) is 0 Å². The molecule has 2 aliphatic carbocycles. The van der Waals surface area contributed by atoms with E-state index in [4.69, 9.17) is 4.98 Å². The molecule has 1 nitrogen and oxygen atoms in total. The van der Waals surface area contributed by atoms with Crippen LogP contribution in [0.15, 0.2) is 140 Å². The fourth-order valence-electron chi connectivity index (χ4n) is 9.28. The summed E-state index contributed by atoms with van der Waals surface area (Å²) in [6.45, 7) is 9.61. The van der Waals surface area contributed by atoms with Crippen LogP contribution < -0.4 is 0 Å². The van der Waals surface area contributed by atoms with E-state index in [1.807, 2.05) is 12.3 Å². The minimum Gasteiger partial charge on any atom is -0.256 e. The molecule has 1 aromatic heterocycles. The maximum atomic E-state index is 4.87. The SMILES string of the molecule is CC1(C)c2ccccc2-c2c1ccc1c(-c3c4ccccc4c(-c4ccccn4)c4ccccc34)cc3c(c21)-c1ccccc1C3(C)C. The fraction of sp³-hybridized carbons (Fsp3) is 0.128. The first-order chi connectivity index (χ1) is 23.4. The van der Waals surface area contributed by atoms with E-state index < -0.39 is 0 Å². The third-order valence-corrected chi connectivity index (χ3v) is 11.5. The Bertz CT molecular complexity index is 2580. The monoisotopic (exact) mass is 613 g/mol. The van der Waals surface area contributed by atoms with Gasteiger partial charge < -0.3 is 0 Å². The lowest BCUT2D eigenvalue weighted by Gasteiger charge is -2.26. The Balaban J connectivity index is 1.44. The maximum absolute atomic E-state index is 4.87. The minimum absolute atomic E-state index is 0.0830. The molecule has 0 saturated heterocycles. The van der Waals surface area contributed by atoms with E-state index in [9.17, 15) is 0 Å². The molecule has 10 rings (SSSR count). The van der Waals surface area contributed by atoms with Crippen LogP contribution in [0.5, 0.6) is 0 Å². The summed E-state index contributed by atoms with van der Waals surface area (Å²) < 4.78 is 0. The molecule has 0 spiro atoms. The Morgan fingerprint density at radius 2 is 0.875 bits per heavy atom. The molecule has 228 valence electrons. The number of fused-ring (bicyclic) bond motifs is 11. The Morgan fingerprint density at radius 3 is 1.46 bits per heavy atom. The number of hydrogen-bond donors (Lipinski definition) is 0. The van der Waals surface area contributed by atoms with E-state index in [1.165, 1.54) is 93.5 Å². The summed E-state index contributed by atoms with van der Waals surface area (Å²) >= 11 is 0. The molecule has 0 radical (unpaired) electrons. The van der Waals surface area contributed by atoms with Crippen LogP contribution in [0.1, 0.15) is 49.9 Å². The van der Waals surface area contributed by atoms with Crippen molar-refractivity contribution in [1.82, 2.24) is 4.98 Å². The van der Waals surface area contributed by atoms with Gasteiger partial charge in [-0.15, -0.1) is 0 Å². The van der Waals surface area contributed by atoms with Gasteiger partial charge in [0, 0.05) is 22.6 Å². The van der Waals surface area contributed by atoms with Gasteiger partial charge in [0.1, 0.15) is 0 Å². The smallest absolute Gasteiger partial charge is 0.0714 e. The Kier molecular flexibility index (Phi) is 5.47. The van der Waals surface area contributed by atoms with Crippen LogP contribution in [0, 0.1) is 0 Å². The molecular formula is C47H35N. The molecule has 48 heavy (non-hydrogen) atoms. The molecule has 0 N–H and O–H groups in total. The van der Waals surface area contributed by atoms with Crippen molar-refractivity contribution in [3.63, 3.8) is 0 Å². The minimum atomic E-state index is -0.148. The van der Waals surface area contributed by atoms with Gasteiger partial charge in [-0.2, -0.15) is 0 Å². The highest BCUT2D eigenvalue weighted by Gasteiger charge is 2.41. The third-order valence-electron chi connectivity index (χ3n) is 11.5. The van der Waals surface area contributed by atoms with Crippen molar-refractivity contribution >= 4 is 32.3 Å². The van der Waals surface area contributed by atoms with E-state index >= 15 is 0 Å². The van der Waals surface area contributed by atoms with E-state index in [-0.39, 0.29) is 10.8 Å². The summed E-state index contributed by atoms with van der Waals surface area (Å²) in [5, 5.41) is 7.68. The molecule has 0 saturated carbocycles. The highest BCUT2D eigenvalue weighted by atomic mass is 14.7. The number of aromatic nitrogens is 1. The number of hydrogen-bond acceptors (Lipinski definition) is 1. The fourth-order valence-corrected chi connectivity index (χ4v) is 9.28. The van der Waals surface area contributed by atoms with Crippen molar-refractivity contribution in [3.05, 3.63) is 162 Å². The van der Waals surface area contributed by atoms with Gasteiger partial charge >= 0.3 is 0 Å². The predicted octanol–water partition coefficient (Wildman–Crippen LogP) is 12.5. The largest absolute Gasteiger partial charge is 0.256 e. The van der Waals surface area contributed by atoms with Crippen LogP contribution in [0.3, 0.4) is 0 Å². The molecule has 1 heterocycles. The number of pyridine rings is 1. The van der Waals surface area contributed by atoms with Gasteiger partial charge in [0.15, 0.2) is 0 Å². The third kappa shape index (κ3) is 3.44. The molecule has 1 heteroatoms. The number of benzene rings is 7.